The first-order valence-electron chi connectivity index (χ1n) is 4.31. The monoisotopic (exact) mass is 229 g/mol. The van der Waals surface area contributed by atoms with Gasteiger partial charge in [-0.2, -0.15) is 0 Å². The Labute approximate surface area is 88.7 Å². The van der Waals surface area contributed by atoms with Crippen molar-refractivity contribution in [2.45, 2.75) is 5.75 Å². The highest BCUT2D eigenvalue weighted by molar-refractivity contribution is 7.88. The van der Waals surface area contributed by atoms with Crippen molar-refractivity contribution in [2.24, 2.45) is 0 Å². The van der Waals surface area contributed by atoms with E-state index in [1.54, 1.807) is 6.07 Å². The van der Waals surface area contributed by atoms with Crippen molar-refractivity contribution in [3.63, 3.8) is 0 Å². The Balaban J connectivity index is 3.12. The van der Waals surface area contributed by atoms with Crippen LogP contribution in [0.25, 0.3) is 6.08 Å². The molecule has 0 aromatic heterocycles. The fraction of sp³-hybridized carbons (Fsp3) is 0.200. The molecule has 0 aliphatic rings. The van der Waals surface area contributed by atoms with E-state index in [-0.39, 0.29) is 11.3 Å². The third kappa shape index (κ3) is 2.87. The molecule has 5 heteroatoms. The zero-order valence-electron chi connectivity index (χ0n) is 8.33. The van der Waals surface area contributed by atoms with Crippen LogP contribution in [0.2, 0.25) is 0 Å². The third-order valence-corrected chi connectivity index (χ3v) is 3.30. The van der Waals surface area contributed by atoms with E-state index in [9.17, 15) is 12.8 Å². The minimum Gasteiger partial charge on any atom is -0.218 e. The van der Waals surface area contributed by atoms with Crippen molar-refractivity contribution in [1.29, 1.82) is 0 Å². The molecule has 0 radical (unpaired) electrons. The Morgan fingerprint density at radius 1 is 1.53 bits per heavy atom. The van der Waals surface area contributed by atoms with Crippen LogP contribution in [0.3, 0.4) is 0 Å². The van der Waals surface area contributed by atoms with Crippen LogP contribution in [0.5, 0.6) is 0 Å². The van der Waals surface area contributed by atoms with Crippen LogP contribution in [0.4, 0.5) is 4.39 Å². The summed E-state index contributed by atoms with van der Waals surface area (Å²) in [5.74, 6) is -0.900. The van der Waals surface area contributed by atoms with Crippen LogP contribution in [0.1, 0.15) is 11.1 Å². The normalized spacial score (nSPS) is 11.3. The summed E-state index contributed by atoms with van der Waals surface area (Å²) >= 11 is 0. The minimum atomic E-state index is -3.44. The number of hydrogen-bond acceptors (Lipinski definition) is 2. The van der Waals surface area contributed by atoms with Crippen LogP contribution in [-0.4, -0.2) is 15.5 Å². The molecule has 0 fully saturated rings. The highest BCUT2D eigenvalue weighted by Gasteiger charge is 2.13. The lowest BCUT2D eigenvalue weighted by Gasteiger charge is -2.05. The summed E-state index contributed by atoms with van der Waals surface area (Å²) < 4.78 is 38.1. The molecule has 1 N–H and O–H groups in total. The second kappa shape index (κ2) is 4.55. The van der Waals surface area contributed by atoms with E-state index in [0.717, 1.165) is 0 Å². The van der Waals surface area contributed by atoms with Gasteiger partial charge in [-0.15, -0.1) is 0 Å². The lowest BCUT2D eigenvalue weighted by atomic mass is 10.1. The second-order valence-corrected chi connectivity index (χ2v) is 4.91. The third-order valence-electron chi connectivity index (χ3n) is 1.99. The molecule has 0 aliphatic heterocycles. The summed E-state index contributed by atoms with van der Waals surface area (Å²) in [5.41, 5.74) is 0.445. The van der Waals surface area contributed by atoms with E-state index in [4.69, 9.17) is 0 Å². The Bertz CT molecular complexity index is 468. The minimum absolute atomic E-state index is 0.141. The molecule has 0 saturated carbocycles. The number of rotatable bonds is 4. The molecule has 0 heterocycles. The quantitative estimate of drug-likeness (QED) is 0.850. The van der Waals surface area contributed by atoms with Gasteiger partial charge in [0.2, 0.25) is 10.0 Å². The Morgan fingerprint density at radius 3 is 2.73 bits per heavy atom. The van der Waals surface area contributed by atoms with E-state index < -0.39 is 15.8 Å². The molecule has 0 unspecified atom stereocenters. The lowest BCUT2D eigenvalue weighted by molar-refractivity contribution is 0.580. The van der Waals surface area contributed by atoms with Crippen LogP contribution in [0.15, 0.2) is 24.8 Å². The van der Waals surface area contributed by atoms with Crippen LogP contribution < -0.4 is 4.72 Å². The molecule has 0 bridgehead atoms. The largest absolute Gasteiger partial charge is 0.218 e. The van der Waals surface area contributed by atoms with Gasteiger partial charge in [-0.1, -0.05) is 30.9 Å². The number of benzene rings is 1. The first-order chi connectivity index (χ1) is 7.00. The van der Waals surface area contributed by atoms with Crippen LogP contribution in [-0.2, 0) is 15.8 Å². The first-order valence-corrected chi connectivity index (χ1v) is 5.96. The van der Waals surface area contributed by atoms with Gasteiger partial charge < -0.3 is 0 Å². The summed E-state index contributed by atoms with van der Waals surface area (Å²) in [6.45, 7) is 3.44. The van der Waals surface area contributed by atoms with Crippen molar-refractivity contribution in [2.75, 3.05) is 7.05 Å². The maximum atomic E-state index is 13.6. The average molecular weight is 229 g/mol. The van der Waals surface area contributed by atoms with E-state index in [1.807, 2.05) is 0 Å². The van der Waals surface area contributed by atoms with E-state index >= 15 is 0 Å². The Kier molecular flexibility index (Phi) is 3.60. The molecule has 0 amide bonds. The van der Waals surface area contributed by atoms with Crippen molar-refractivity contribution in [3.05, 3.63) is 41.7 Å². The molecular formula is C10H12FNO2S. The SMILES string of the molecule is C=Cc1cccc(CS(=O)(=O)NC)c1F. The standard InChI is InChI=1S/C10H12FNO2S/c1-3-8-5-4-6-9(10(8)11)7-15(13,14)12-2/h3-6,12H,1,7H2,2H3. The fourth-order valence-corrected chi connectivity index (χ4v) is 1.92. The summed E-state index contributed by atoms with van der Waals surface area (Å²) in [7, 11) is -2.15. The van der Waals surface area contributed by atoms with Crippen molar-refractivity contribution in [3.8, 4) is 0 Å². The zero-order valence-corrected chi connectivity index (χ0v) is 9.14. The molecule has 0 aliphatic carbocycles. The molecule has 82 valence electrons. The van der Waals surface area contributed by atoms with Crippen LogP contribution >= 0.6 is 0 Å². The molecule has 0 spiro atoms. The number of nitrogens with one attached hydrogen (secondary N) is 1. The van der Waals surface area contributed by atoms with Gasteiger partial charge in [0.1, 0.15) is 5.82 Å². The van der Waals surface area contributed by atoms with Gasteiger partial charge in [0.05, 0.1) is 5.75 Å². The second-order valence-electron chi connectivity index (χ2n) is 2.99. The summed E-state index contributed by atoms with van der Waals surface area (Å²) in [6.07, 6.45) is 1.35. The van der Waals surface area contributed by atoms with E-state index in [2.05, 4.69) is 11.3 Å². The first kappa shape index (κ1) is 11.9. The Hall–Kier alpha value is -1.20. The maximum absolute atomic E-state index is 13.6. The van der Waals surface area contributed by atoms with Crippen molar-refractivity contribution < 1.29 is 12.8 Å². The lowest BCUT2D eigenvalue weighted by Crippen LogP contribution is -2.21. The summed E-state index contributed by atoms with van der Waals surface area (Å²) in [4.78, 5) is 0. The zero-order chi connectivity index (χ0) is 11.5. The molecule has 1 aromatic rings. The van der Waals surface area contributed by atoms with Gasteiger partial charge in [-0.25, -0.2) is 17.5 Å². The average Bonchev–Trinajstić information content (AvgIpc) is 2.21. The summed E-state index contributed by atoms with van der Waals surface area (Å²) in [6, 6.07) is 4.58. The molecule has 1 aromatic carbocycles. The molecule has 0 saturated heterocycles. The highest BCUT2D eigenvalue weighted by atomic mass is 32.2. The van der Waals surface area contributed by atoms with Gasteiger partial charge in [0, 0.05) is 11.1 Å². The highest BCUT2D eigenvalue weighted by Crippen LogP contribution is 2.15. The van der Waals surface area contributed by atoms with Gasteiger partial charge in [0.25, 0.3) is 0 Å². The predicted octanol–water partition coefficient (Wildman–Crippen LogP) is 1.52. The van der Waals surface area contributed by atoms with Gasteiger partial charge in [0.15, 0.2) is 0 Å². The molecule has 0 atom stereocenters. The van der Waals surface area contributed by atoms with Gasteiger partial charge in [-0.3, -0.25) is 0 Å². The van der Waals surface area contributed by atoms with Gasteiger partial charge >= 0.3 is 0 Å². The van der Waals surface area contributed by atoms with Gasteiger partial charge in [-0.05, 0) is 7.05 Å². The Morgan fingerprint density at radius 2 is 2.20 bits per heavy atom. The number of halogens is 1. The smallest absolute Gasteiger partial charge is 0.215 e. The topological polar surface area (TPSA) is 46.2 Å². The van der Waals surface area contributed by atoms with Crippen LogP contribution in [0, 0.1) is 5.82 Å². The fourth-order valence-electron chi connectivity index (χ4n) is 1.15. The van der Waals surface area contributed by atoms with Crippen molar-refractivity contribution in [1.82, 2.24) is 4.72 Å². The predicted molar refractivity (Wildman–Crippen MR) is 58.2 cm³/mol. The van der Waals surface area contributed by atoms with Crippen molar-refractivity contribution >= 4 is 16.1 Å². The summed E-state index contributed by atoms with van der Waals surface area (Å²) in [5, 5.41) is 0. The maximum Gasteiger partial charge on any atom is 0.215 e. The molecule has 1 rings (SSSR count). The van der Waals surface area contributed by atoms with E-state index in [0.29, 0.717) is 5.56 Å². The molecule has 3 nitrogen and oxygen atoms in total. The van der Waals surface area contributed by atoms with E-state index in [1.165, 1.54) is 25.3 Å². The number of hydrogen-bond donors (Lipinski definition) is 1. The number of sulfonamides is 1. The molecular weight excluding hydrogens is 217 g/mol. The molecule has 15 heavy (non-hydrogen) atoms.